The molecule has 4 amide bonds. The molecule has 0 atom stereocenters. The van der Waals surface area contributed by atoms with Gasteiger partial charge < -0.3 is 19.4 Å². The van der Waals surface area contributed by atoms with Crippen molar-refractivity contribution in [2.24, 2.45) is 0 Å². The molecule has 0 aromatic heterocycles. The van der Waals surface area contributed by atoms with Crippen LogP contribution in [0.2, 0.25) is 0 Å². The third-order valence-corrected chi connectivity index (χ3v) is 4.72. The fraction of sp³-hybridized carbons (Fsp3) is 0.500. The fourth-order valence-electron chi connectivity index (χ4n) is 3.24. The Morgan fingerprint density at radius 2 is 1.70 bits per heavy atom. The standard InChI is InChI=1S/C18H23FN4O4/c1-2-27-18(26)21-9-7-20(8-10-21)16(24)13-22-11-12-23(17(22)25)15-6-4-3-5-14(15)19/h3-6H,2,7-13H2,1H3. The summed E-state index contributed by atoms with van der Waals surface area (Å²) in [6, 6.07) is 5.71. The summed E-state index contributed by atoms with van der Waals surface area (Å²) >= 11 is 0. The van der Waals surface area contributed by atoms with Gasteiger partial charge in [0.1, 0.15) is 12.4 Å². The van der Waals surface area contributed by atoms with Gasteiger partial charge in [0.2, 0.25) is 5.91 Å². The molecule has 0 saturated carbocycles. The minimum Gasteiger partial charge on any atom is -0.450 e. The lowest BCUT2D eigenvalue weighted by molar-refractivity contribution is -0.133. The van der Waals surface area contributed by atoms with Crippen LogP contribution in [0.1, 0.15) is 6.92 Å². The van der Waals surface area contributed by atoms with Crippen molar-refractivity contribution in [2.45, 2.75) is 6.92 Å². The number of carbonyl (C=O) groups is 3. The summed E-state index contributed by atoms with van der Waals surface area (Å²) in [6.07, 6.45) is -0.375. The van der Waals surface area contributed by atoms with E-state index in [4.69, 9.17) is 4.74 Å². The maximum absolute atomic E-state index is 13.9. The molecule has 2 aliphatic heterocycles. The Bertz CT molecular complexity index is 721. The summed E-state index contributed by atoms with van der Waals surface area (Å²) in [7, 11) is 0. The number of urea groups is 1. The van der Waals surface area contributed by atoms with E-state index in [-0.39, 0.29) is 30.3 Å². The van der Waals surface area contributed by atoms with E-state index in [2.05, 4.69) is 0 Å². The van der Waals surface area contributed by atoms with E-state index in [1.165, 1.54) is 15.9 Å². The van der Waals surface area contributed by atoms with Crippen LogP contribution in [-0.2, 0) is 9.53 Å². The number of hydrogen-bond acceptors (Lipinski definition) is 4. The summed E-state index contributed by atoms with van der Waals surface area (Å²) in [5.41, 5.74) is 0.223. The zero-order valence-electron chi connectivity index (χ0n) is 15.3. The summed E-state index contributed by atoms with van der Waals surface area (Å²) in [5.74, 6) is -0.642. The van der Waals surface area contributed by atoms with E-state index < -0.39 is 5.82 Å². The number of halogens is 1. The SMILES string of the molecule is CCOC(=O)N1CCN(C(=O)CN2CCN(c3ccccc3F)C2=O)CC1. The lowest BCUT2D eigenvalue weighted by Crippen LogP contribution is -2.53. The number of nitrogens with zero attached hydrogens (tertiary/aromatic N) is 4. The van der Waals surface area contributed by atoms with Gasteiger partial charge in [0.15, 0.2) is 0 Å². The van der Waals surface area contributed by atoms with Crippen molar-refractivity contribution in [3.8, 4) is 0 Å². The molecule has 3 rings (SSSR count). The molecule has 146 valence electrons. The molecule has 2 saturated heterocycles. The van der Waals surface area contributed by atoms with Gasteiger partial charge in [-0.25, -0.2) is 14.0 Å². The molecular weight excluding hydrogens is 355 g/mol. The number of ether oxygens (including phenoxy) is 1. The number of benzene rings is 1. The first kappa shape index (κ1) is 18.9. The van der Waals surface area contributed by atoms with Crippen LogP contribution in [-0.4, -0.2) is 85.2 Å². The van der Waals surface area contributed by atoms with Gasteiger partial charge in [-0.3, -0.25) is 9.69 Å². The highest BCUT2D eigenvalue weighted by Gasteiger charge is 2.34. The number of hydrogen-bond donors (Lipinski definition) is 0. The van der Waals surface area contributed by atoms with E-state index >= 15 is 0 Å². The van der Waals surface area contributed by atoms with Crippen LogP contribution in [0.4, 0.5) is 19.7 Å². The molecule has 0 spiro atoms. The number of amides is 4. The lowest BCUT2D eigenvalue weighted by Gasteiger charge is -2.34. The predicted octanol–water partition coefficient (Wildman–Crippen LogP) is 1.37. The van der Waals surface area contributed by atoms with Crippen molar-refractivity contribution in [3.63, 3.8) is 0 Å². The number of piperazine rings is 1. The lowest BCUT2D eigenvalue weighted by atomic mass is 10.3. The minimum absolute atomic E-state index is 0.0524. The summed E-state index contributed by atoms with van der Waals surface area (Å²) in [6.45, 7) is 4.31. The van der Waals surface area contributed by atoms with E-state index in [1.807, 2.05) is 0 Å². The van der Waals surface area contributed by atoms with Gasteiger partial charge in [0.25, 0.3) is 0 Å². The number of rotatable bonds is 4. The van der Waals surface area contributed by atoms with Crippen LogP contribution < -0.4 is 4.90 Å². The maximum Gasteiger partial charge on any atom is 0.409 e. The van der Waals surface area contributed by atoms with Gasteiger partial charge in [0.05, 0.1) is 12.3 Å². The largest absolute Gasteiger partial charge is 0.450 e. The smallest absolute Gasteiger partial charge is 0.409 e. The van der Waals surface area contributed by atoms with Gasteiger partial charge in [-0.05, 0) is 19.1 Å². The van der Waals surface area contributed by atoms with Crippen LogP contribution in [0.3, 0.4) is 0 Å². The first-order valence-electron chi connectivity index (χ1n) is 9.01. The van der Waals surface area contributed by atoms with E-state index in [0.29, 0.717) is 45.9 Å². The molecular formula is C18H23FN4O4. The molecule has 27 heavy (non-hydrogen) atoms. The zero-order chi connectivity index (χ0) is 19.4. The normalized spacial score (nSPS) is 17.5. The van der Waals surface area contributed by atoms with Crippen molar-refractivity contribution in [1.82, 2.24) is 14.7 Å². The predicted molar refractivity (Wildman–Crippen MR) is 95.9 cm³/mol. The minimum atomic E-state index is -0.464. The Labute approximate surface area is 157 Å². The summed E-state index contributed by atoms with van der Waals surface area (Å²) < 4.78 is 18.9. The topological polar surface area (TPSA) is 73.4 Å². The Morgan fingerprint density at radius 3 is 2.37 bits per heavy atom. The second kappa shape index (κ2) is 8.24. The third-order valence-electron chi connectivity index (χ3n) is 4.72. The van der Waals surface area contributed by atoms with Crippen molar-refractivity contribution in [1.29, 1.82) is 0 Å². The van der Waals surface area contributed by atoms with Crippen LogP contribution in [0, 0.1) is 5.82 Å². The number of anilines is 1. The first-order chi connectivity index (χ1) is 13.0. The molecule has 0 unspecified atom stereocenters. The molecule has 0 N–H and O–H groups in total. The van der Waals surface area contributed by atoms with Crippen LogP contribution in [0.5, 0.6) is 0 Å². The van der Waals surface area contributed by atoms with Crippen molar-refractivity contribution >= 4 is 23.7 Å². The van der Waals surface area contributed by atoms with E-state index in [0.717, 1.165) is 0 Å². The zero-order valence-corrected chi connectivity index (χ0v) is 15.3. The summed E-state index contributed by atoms with van der Waals surface area (Å²) in [4.78, 5) is 42.7. The van der Waals surface area contributed by atoms with Gasteiger partial charge in [-0.15, -0.1) is 0 Å². The molecule has 2 heterocycles. The van der Waals surface area contributed by atoms with E-state index in [9.17, 15) is 18.8 Å². The molecule has 0 bridgehead atoms. The molecule has 2 aliphatic rings. The molecule has 1 aromatic carbocycles. The molecule has 8 nitrogen and oxygen atoms in total. The number of para-hydroxylation sites is 1. The Hall–Kier alpha value is -2.84. The molecule has 9 heteroatoms. The average molecular weight is 378 g/mol. The van der Waals surface area contributed by atoms with Crippen molar-refractivity contribution in [3.05, 3.63) is 30.1 Å². The van der Waals surface area contributed by atoms with Gasteiger partial charge >= 0.3 is 12.1 Å². The first-order valence-corrected chi connectivity index (χ1v) is 9.01. The van der Waals surface area contributed by atoms with Crippen LogP contribution >= 0.6 is 0 Å². The summed E-state index contributed by atoms with van der Waals surface area (Å²) in [5, 5.41) is 0. The number of carbonyl (C=O) groups excluding carboxylic acids is 3. The average Bonchev–Trinajstić information content (AvgIpc) is 3.03. The molecule has 1 aromatic rings. The molecule has 2 fully saturated rings. The van der Waals surface area contributed by atoms with Gasteiger partial charge in [-0.2, -0.15) is 0 Å². The van der Waals surface area contributed by atoms with Gasteiger partial charge in [0, 0.05) is 39.3 Å². The third kappa shape index (κ3) is 4.12. The highest BCUT2D eigenvalue weighted by atomic mass is 19.1. The maximum atomic E-state index is 13.9. The second-order valence-corrected chi connectivity index (χ2v) is 6.37. The van der Waals surface area contributed by atoms with Gasteiger partial charge in [-0.1, -0.05) is 12.1 Å². The quantitative estimate of drug-likeness (QED) is 0.793. The van der Waals surface area contributed by atoms with Crippen molar-refractivity contribution in [2.75, 3.05) is 57.3 Å². The highest BCUT2D eigenvalue weighted by molar-refractivity contribution is 5.96. The van der Waals surface area contributed by atoms with E-state index in [1.54, 1.807) is 34.9 Å². The Kier molecular flexibility index (Phi) is 5.78. The van der Waals surface area contributed by atoms with Crippen LogP contribution in [0.25, 0.3) is 0 Å². The highest BCUT2D eigenvalue weighted by Crippen LogP contribution is 2.23. The van der Waals surface area contributed by atoms with Crippen LogP contribution in [0.15, 0.2) is 24.3 Å². The molecule has 0 radical (unpaired) electrons. The Morgan fingerprint density at radius 1 is 1.04 bits per heavy atom. The second-order valence-electron chi connectivity index (χ2n) is 6.37. The Balaban J connectivity index is 1.53. The van der Waals surface area contributed by atoms with Crippen molar-refractivity contribution < 1.29 is 23.5 Å². The fourth-order valence-corrected chi connectivity index (χ4v) is 3.24. The molecule has 0 aliphatic carbocycles. The monoisotopic (exact) mass is 378 g/mol.